The van der Waals surface area contributed by atoms with Crippen molar-refractivity contribution in [3.63, 3.8) is 0 Å². The lowest BCUT2D eigenvalue weighted by Gasteiger charge is -2.06. The maximum Gasteiger partial charge on any atom is 0.339 e. The van der Waals surface area contributed by atoms with Crippen molar-refractivity contribution in [2.45, 2.75) is 141 Å². The number of aliphatic carboxylic acids is 1. The molecule has 2 N–H and O–H groups in total. The summed E-state index contributed by atoms with van der Waals surface area (Å²) >= 11 is 0. The van der Waals surface area contributed by atoms with Gasteiger partial charge in [0.15, 0.2) is 0 Å². The fourth-order valence-corrected chi connectivity index (χ4v) is 7.11. The quantitative estimate of drug-likeness (QED) is 0.0161. The molecule has 2 aromatic heterocycles. The predicted octanol–water partition coefficient (Wildman–Crippen LogP) is 14.1. The highest BCUT2D eigenvalue weighted by Crippen LogP contribution is 2.23. The first-order chi connectivity index (χ1) is 31.8. The molecule has 0 fully saturated rings. The average molecular weight is 885 g/mol. The number of carbonyl (C=O) groups is 2. The van der Waals surface area contributed by atoms with Gasteiger partial charge in [0.05, 0.1) is 0 Å². The molecule has 2 heterocycles. The van der Waals surface area contributed by atoms with Gasteiger partial charge in [0.1, 0.15) is 22.7 Å². The zero-order valence-corrected chi connectivity index (χ0v) is 38.0. The second kappa shape index (κ2) is 31.6. The molecule has 0 radical (unpaired) electrons. The normalized spacial score (nSPS) is 12.4. The first kappa shape index (κ1) is 51.4. The van der Waals surface area contributed by atoms with Gasteiger partial charge >= 0.3 is 23.2 Å². The van der Waals surface area contributed by atoms with Crippen molar-refractivity contribution in [2.24, 2.45) is 0 Å². The van der Waals surface area contributed by atoms with Crippen LogP contribution < -0.4 is 16.0 Å². The van der Waals surface area contributed by atoms with Gasteiger partial charge in [-0.2, -0.15) is 0 Å². The van der Waals surface area contributed by atoms with E-state index in [1.165, 1.54) is 6.07 Å². The Kier molecular flexibility index (Phi) is 25.0. The van der Waals surface area contributed by atoms with E-state index in [-0.39, 0.29) is 29.4 Å². The smallest absolute Gasteiger partial charge is 0.339 e. The zero-order valence-electron chi connectivity index (χ0n) is 38.0. The Hall–Kier alpha value is -6.22. The maximum atomic E-state index is 12.7. The molecule has 0 spiro atoms. The van der Waals surface area contributed by atoms with Gasteiger partial charge in [0, 0.05) is 46.9 Å². The largest absolute Gasteiger partial charge is 0.508 e. The van der Waals surface area contributed by atoms with Gasteiger partial charge in [-0.25, -0.2) is 9.59 Å². The van der Waals surface area contributed by atoms with Gasteiger partial charge in [-0.1, -0.05) is 97.9 Å². The van der Waals surface area contributed by atoms with Gasteiger partial charge in [0.2, 0.25) is 0 Å². The van der Waals surface area contributed by atoms with E-state index in [1.54, 1.807) is 24.3 Å². The van der Waals surface area contributed by atoms with Gasteiger partial charge < -0.3 is 23.8 Å². The number of benzene rings is 2. The fourth-order valence-electron chi connectivity index (χ4n) is 7.11. The van der Waals surface area contributed by atoms with Gasteiger partial charge in [0.25, 0.3) is 0 Å². The van der Waals surface area contributed by atoms with E-state index < -0.39 is 5.97 Å². The fraction of sp³-hybridized carbons (Fsp3) is 0.393. The molecule has 9 heteroatoms. The van der Waals surface area contributed by atoms with Crippen LogP contribution in [0.5, 0.6) is 11.5 Å². The summed E-state index contributed by atoms with van der Waals surface area (Å²) < 4.78 is 16.5. The van der Waals surface area contributed by atoms with E-state index in [1.807, 2.05) is 24.3 Å². The highest BCUT2D eigenvalue weighted by molar-refractivity contribution is 5.80. The number of allylic oxidation sites excluding steroid dienone is 14. The van der Waals surface area contributed by atoms with Crippen molar-refractivity contribution < 1.29 is 33.4 Å². The summed E-state index contributed by atoms with van der Waals surface area (Å²) in [5.41, 5.74) is 1.50. The molecule has 346 valence electrons. The van der Waals surface area contributed by atoms with Crippen molar-refractivity contribution in [1.82, 2.24) is 0 Å². The summed E-state index contributed by atoms with van der Waals surface area (Å²) in [6.07, 6.45) is 48.5. The number of aryl methyl sites for hydroxylation is 2. The molecule has 9 nitrogen and oxygen atoms in total. The molecule has 0 amide bonds. The predicted molar refractivity (Wildman–Crippen MR) is 264 cm³/mol. The molecule has 0 aliphatic heterocycles. The van der Waals surface area contributed by atoms with Crippen molar-refractivity contribution >= 4 is 33.9 Å². The first-order valence-electron chi connectivity index (χ1n) is 23.6. The SMILES string of the molecule is O=C(O)CCCC=CCC=CCC=CCC=CCCCCCc1cc2ccc(OC(=O)CCCCC=CCC=CCC=CCCCCCc3cc4ccc(O)cc4oc3=O)cc2oc1=O. The molecular formula is C56H68O9. The third-order valence-electron chi connectivity index (χ3n) is 10.7. The lowest BCUT2D eigenvalue weighted by atomic mass is 10.1. The van der Waals surface area contributed by atoms with E-state index in [4.69, 9.17) is 18.7 Å². The van der Waals surface area contributed by atoms with Crippen LogP contribution in [0.1, 0.15) is 140 Å². The summed E-state index contributed by atoms with van der Waals surface area (Å²) in [5.74, 6) is -0.581. The molecule has 65 heavy (non-hydrogen) atoms. The Balaban J connectivity index is 0.970. The van der Waals surface area contributed by atoms with Crippen LogP contribution in [-0.2, 0) is 22.4 Å². The molecule has 0 aliphatic rings. The number of hydrogen-bond acceptors (Lipinski definition) is 8. The Morgan fingerprint density at radius 1 is 0.477 bits per heavy atom. The molecular weight excluding hydrogens is 817 g/mol. The molecule has 0 unspecified atom stereocenters. The van der Waals surface area contributed by atoms with E-state index in [2.05, 4.69) is 79.0 Å². The number of carboxylic acid groups (broad SMARTS) is 1. The maximum absolute atomic E-state index is 12.7. The molecule has 0 saturated carbocycles. The summed E-state index contributed by atoms with van der Waals surface area (Å²) in [7, 11) is 0. The number of hydrogen-bond donors (Lipinski definition) is 2. The Labute approximate surface area is 384 Å². The number of fused-ring (bicyclic) bond motifs is 2. The summed E-state index contributed by atoms with van der Waals surface area (Å²) in [6.45, 7) is 0. The monoisotopic (exact) mass is 884 g/mol. The second-order valence-corrected chi connectivity index (χ2v) is 16.2. The molecule has 4 aromatic rings. The van der Waals surface area contributed by atoms with Crippen LogP contribution in [0.3, 0.4) is 0 Å². The van der Waals surface area contributed by atoms with Crippen LogP contribution in [0, 0.1) is 0 Å². The van der Waals surface area contributed by atoms with Crippen LogP contribution in [-0.4, -0.2) is 22.2 Å². The number of unbranched alkanes of at least 4 members (excludes halogenated alkanes) is 9. The first-order valence-corrected chi connectivity index (χ1v) is 23.6. The zero-order chi connectivity index (χ0) is 46.2. The van der Waals surface area contributed by atoms with E-state index >= 15 is 0 Å². The Morgan fingerprint density at radius 2 is 0.908 bits per heavy atom. The van der Waals surface area contributed by atoms with E-state index in [0.717, 1.165) is 120 Å². The van der Waals surface area contributed by atoms with Crippen LogP contribution in [0.25, 0.3) is 21.9 Å². The van der Waals surface area contributed by atoms with Crippen molar-refractivity contribution in [1.29, 1.82) is 0 Å². The third kappa shape index (κ3) is 22.3. The number of phenols is 1. The minimum Gasteiger partial charge on any atom is -0.508 e. The van der Waals surface area contributed by atoms with Crippen molar-refractivity contribution in [3.05, 3.63) is 166 Å². The number of aromatic hydroxyl groups is 1. The van der Waals surface area contributed by atoms with Crippen LogP contribution in [0.15, 0.2) is 152 Å². The molecule has 2 aromatic carbocycles. The third-order valence-corrected chi connectivity index (χ3v) is 10.7. The molecule has 4 rings (SSSR count). The lowest BCUT2D eigenvalue weighted by molar-refractivity contribution is -0.137. The van der Waals surface area contributed by atoms with Crippen molar-refractivity contribution in [2.75, 3.05) is 0 Å². The number of rotatable bonds is 32. The van der Waals surface area contributed by atoms with E-state index in [0.29, 0.717) is 53.7 Å². The number of carbonyl (C=O) groups excluding carboxylic acids is 1. The van der Waals surface area contributed by atoms with Crippen LogP contribution in [0.2, 0.25) is 0 Å². The summed E-state index contributed by atoms with van der Waals surface area (Å²) in [6, 6.07) is 13.8. The molecule has 0 saturated heterocycles. The minimum absolute atomic E-state index is 0.0837. The van der Waals surface area contributed by atoms with Crippen LogP contribution in [0.4, 0.5) is 0 Å². The Morgan fingerprint density at radius 3 is 1.40 bits per heavy atom. The van der Waals surface area contributed by atoms with E-state index in [9.17, 15) is 24.3 Å². The van der Waals surface area contributed by atoms with Gasteiger partial charge in [-0.15, -0.1) is 0 Å². The van der Waals surface area contributed by atoms with Crippen LogP contribution >= 0.6 is 0 Å². The summed E-state index contributed by atoms with van der Waals surface area (Å²) in [4.78, 5) is 47.9. The number of phenolic OH excluding ortho intramolecular Hbond substituents is 1. The lowest BCUT2D eigenvalue weighted by Crippen LogP contribution is -2.09. The summed E-state index contributed by atoms with van der Waals surface area (Å²) in [5, 5.41) is 19.8. The minimum atomic E-state index is -0.741. The highest BCUT2D eigenvalue weighted by Gasteiger charge is 2.10. The molecule has 0 atom stereocenters. The number of ether oxygens (including phenoxy) is 1. The van der Waals surface area contributed by atoms with Crippen molar-refractivity contribution in [3.8, 4) is 11.5 Å². The number of carboxylic acids is 1. The molecule has 0 bridgehead atoms. The number of esters is 1. The molecule has 0 aliphatic carbocycles. The Bertz CT molecular complexity index is 2380. The standard InChI is InChI=1S/C56H68O9/c57-49-39-37-45-41-47(55(61)64-51(45)43-49)33-29-25-21-17-14-10-6-4-8-12-16-20-24-28-32-36-54(60)63-50-40-38-46-42-48(56(62)65-52(46)44-50)34-30-26-22-18-13-9-5-2-1-3-7-11-15-19-23-27-31-35-53(58)59/h1-2,4,7-11,13-14,16,19-20,23,37-44,57H,3,5-6,12,15,17-18,21-22,24-36H2,(H,58,59). The van der Waals surface area contributed by atoms with Gasteiger partial charge in [-0.05, 0) is 152 Å². The highest BCUT2D eigenvalue weighted by atomic mass is 16.5. The average Bonchev–Trinajstić information content (AvgIpc) is 3.28. The van der Waals surface area contributed by atoms with Gasteiger partial charge in [-0.3, -0.25) is 9.59 Å². The second-order valence-electron chi connectivity index (χ2n) is 16.2. The topological polar surface area (TPSA) is 144 Å².